The zero-order valence-electron chi connectivity index (χ0n) is 20.8. The number of benzene rings is 2. The maximum Gasteiger partial charge on any atom is 0.194 e. The summed E-state index contributed by atoms with van der Waals surface area (Å²) in [4.78, 5) is 6.33. The second-order valence-electron chi connectivity index (χ2n) is 9.93. The Kier molecular flexibility index (Phi) is 8.67. The molecule has 2 N–H and O–H groups in total. The summed E-state index contributed by atoms with van der Waals surface area (Å²) in [6.07, 6.45) is 3.38. The molecular formula is C28H32F4N2O3. The summed E-state index contributed by atoms with van der Waals surface area (Å²) >= 11 is 0. The number of aromatic nitrogens is 1. The van der Waals surface area contributed by atoms with Crippen LogP contribution in [0.2, 0.25) is 0 Å². The number of aliphatic hydroxyl groups excluding tert-OH is 2. The van der Waals surface area contributed by atoms with Crippen molar-refractivity contribution in [3.63, 3.8) is 0 Å². The second-order valence-corrected chi connectivity index (χ2v) is 9.93. The van der Waals surface area contributed by atoms with Crippen LogP contribution in [0.3, 0.4) is 0 Å². The lowest BCUT2D eigenvalue weighted by Crippen LogP contribution is -2.42. The highest BCUT2D eigenvalue weighted by atomic mass is 19.2. The lowest BCUT2D eigenvalue weighted by atomic mass is 9.74. The molecule has 0 saturated carbocycles. The number of aliphatic hydroxyl groups is 2. The van der Waals surface area contributed by atoms with E-state index in [2.05, 4.69) is 9.88 Å². The van der Waals surface area contributed by atoms with Gasteiger partial charge in [-0.1, -0.05) is 0 Å². The van der Waals surface area contributed by atoms with E-state index in [1.54, 1.807) is 18.2 Å². The van der Waals surface area contributed by atoms with Gasteiger partial charge in [0.25, 0.3) is 0 Å². The van der Waals surface area contributed by atoms with E-state index in [1.165, 1.54) is 7.11 Å². The number of aryl methyl sites for hydroxylation is 1. The Hall–Kier alpha value is -2.75. The molecule has 3 aromatic rings. The number of rotatable bonds is 10. The van der Waals surface area contributed by atoms with E-state index in [9.17, 15) is 27.8 Å². The number of piperidine rings is 1. The van der Waals surface area contributed by atoms with Crippen molar-refractivity contribution in [1.29, 1.82) is 0 Å². The van der Waals surface area contributed by atoms with Gasteiger partial charge in [-0.15, -0.1) is 0 Å². The van der Waals surface area contributed by atoms with Crippen molar-refractivity contribution in [3.05, 3.63) is 70.9 Å². The predicted molar refractivity (Wildman–Crippen MR) is 132 cm³/mol. The number of fused-ring (bicyclic) bond motifs is 1. The fraction of sp³-hybridized carbons (Fsp3) is 0.464. The summed E-state index contributed by atoms with van der Waals surface area (Å²) in [5, 5.41) is 21.7. The minimum atomic E-state index is -1.45. The summed E-state index contributed by atoms with van der Waals surface area (Å²) in [5.41, 5.74) is 0.786. The van der Waals surface area contributed by atoms with E-state index in [0.29, 0.717) is 60.9 Å². The fourth-order valence-corrected chi connectivity index (χ4v) is 5.22. The summed E-state index contributed by atoms with van der Waals surface area (Å²) in [7, 11) is 1.52. The Balaban J connectivity index is 1.32. The number of likely N-dealkylation sites (tertiary alicyclic amines) is 1. The van der Waals surface area contributed by atoms with Crippen LogP contribution in [-0.4, -0.2) is 53.4 Å². The molecule has 1 fully saturated rings. The standard InChI is InChI=1S/C28H32F4N2O3/c1-37-19-4-5-24-20(15-19)26(23(31)16-33-24)25(36)6-7-28(17-35)8-11-34(12-9-28)10-2-3-18-13-21(29)27(32)22(30)14-18/h4-5,13-16,25,35-36H,2-3,6-12,17H2,1H3/t25-/m1/s1. The van der Waals surface area contributed by atoms with Crippen LogP contribution in [0.15, 0.2) is 36.5 Å². The first-order valence-corrected chi connectivity index (χ1v) is 12.5. The Morgan fingerprint density at radius 2 is 1.76 bits per heavy atom. The third-order valence-corrected chi connectivity index (χ3v) is 7.59. The van der Waals surface area contributed by atoms with Crippen LogP contribution < -0.4 is 4.74 Å². The van der Waals surface area contributed by atoms with Crippen LogP contribution in [0.5, 0.6) is 5.75 Å². The first-order valence-electron chi connectivity index (χ1n) is 12.5. The molecule has 4 rings (SSSR count). The smallest absolute Gasteiger partial charge is 0.194 e. The minimum Gasteiger partial charge on any atom is -0.497 e. The number of pyridine rings is 1. The molecule has 2 heterocycles. The van der Waals surface area contributed by atoms with Crippen LogP contribution in [0.1, 0.15) is 49.3 Å². The van der Waals surface area contributed by atoms with E-state index in [0.717, 1.165) is 31.4 Å². The summed E-state index contributed by atoms with van der Waals surface area (Å²) < 4.78 is 60.0. The van der Waals surface area contributed by atoms with Gasteiger partial charge in [-0.2, -0.15) is 0 Å². The van der Waals surface area contributed by atoms with E-state index >= 15 is 0 Å². The number of ether oxygens (including phenoxy) is 1. The molecule has 5 nitrogen and oxygen atoms in total. The van der Waals surface area contributed by atoms with E-state index in [-0.39, 0.29) is 24.0 Å². The molecule has 0 bridgehead atoms. The first-order chi connectivity index (χ1) is 17.7. The molecule has 1 atom stereocenters. The SMILES string of the molecule is COc1ccc2ncc(F)c([C@H](O)CCC3(CO)CCN(CCCc4cc(F)c(F)c(F)c4)CC3)c2c1. The molecule has 0 amide bonds. The Morgan fingerprint density at radius 1 is 1.05 bits per heavy atom. The number of nitrogens with zero attached hydrogens (tertiary/aromatic N) is 2. The van der Waals surface area contributed by atoms with Crippen molar-refractivity contribution in [2.45, 2.75) is 44.6 Å². The van der Waals surface area contributed by atoms with Crippen molar-refractivity contribution >= 4 is 10.9 Å². The predicted octanol–water partition coefficient (Wildman–Crippen LogP) is 5.32. The maximum atomic E-state index is 14.7. The molecule has 1 saturated heterocycles. The van der Waals surface area contributed by atoms with Crippen molar-refractivity contribution in [2.75, 3.05) is 33.4 Å². The Labute approximate surface area is 213 Å². The van der Waals surface area contributed by atoms with E-state index < -0.39 is 29.4 Å². The summed E-state index contributed by atoms with van der Waals surface area (Å²) in [5.74, 6) is -3.85. The van der Waals surface area contributed by atoms with Crippen LogP contribution in [0.25, 0.3) is 10.9 Å². The van der Waals surface area contributed by atoms with Crippen molar-refractivity contribution in [3.8, 4) is 5.75 Å². The van der Waals surface area contributed by atoms with E-state index in [1.807, 2.05) is 0 Å². The molecule has 0 aliphatic carbocycles. The lowest BCUT2D eigenvalue weighted by molar-refractivity contribution is 0.0231. The molecule has 37 heavy (non-hydrogen) atoms. The average Bonchev–Trinajstić information content (AvgIpc) is 2.90. The second kappa shape index (κ2) is 11.8. The number of methoxy groups -OCH3 is 1. The largest absolute Gasteiger partial charge is 0.497 e. The third-order valence-electron chi connectivity index (χ3n) is 7.59. The first kappa shape index (κ1) is 27.3. The van der Waals surface area contributed by atoms with Gasteiger partial charge in [0.05, 0.1) is 24.9 Å². The van der Waals surface area contributed by atoms with E-state index in [4.69, 9.17) is 4.74 Å². The molecule has 200 valence electrons. The van der Waals surface area contributed by atoms with Crippen LogP contribution in [-0.2, 0) is 6.42 Å². The zero-order valence-corrected chi connectivity index (χ0v) is 20.8. The molecule has 1 aliphatic rings. The van der Waals surface area contributed by atoms with Crippen molar-refractivity contribution in [2.24, 2.45) is 5.41 Å². The normalized spacial score (nSPS) is 16.7. The fourth-order valence-electron chi connectivity index (χ4n) is 5.22. The highest BCUT2D eigenvalue weighted by molar-refractivity contribution is 5.84. The molecule has 0 radical (unpaired) electrons. The molecule has 9 heteroatoms. The average molecular weight is 521 g/mol. The van der Waals surface area contributed by atoms with Gasteiger partial charge in [0.1, 0.15) is 11.6 Å². The van der Waals surface area contributed by atoms with Crippen LogP contribution in [0, 0.1) is 28.7 Å². The zero-order chi connectivity index (χ0) is 26.6. The van der Waals surface area contributed by atoms with Gasteiger partial charge < -0.3 is 19.8 Å². The lowest BCUT2D eigenvalue weighted by Gasteiger charge is -2.41. The third kappa shape index (κ3) is 6.22. The Bertz CT molecular complexity index is 1210. The highest BCUT2D eigenvalue weighted by Crippen LogP contribution is 2.39. The summed E-state index contributed by atoms with van der Waals surface area (Å²) in [6, 6.07) is 7.17. The molecule has 1 aromatic heterocycles. The maximum absolute atomic E-state index is 14.7. The monoisotopic (exact) mass is 520 g/mol. The quantitative estimate of drug-likeness (QED) is 0.280. The molecule has 0 unspecified atom stereocenters. The topological polar surface area (TPSA) is 65.8 Å². The molecule has 2 aromatic carbocycles. The highest BCUT2D eigenvalue weighted by Gasteiger charge is 2.34. The number of halogens is 4. The van der Waals surface area contributed by atoms with Gasteiger partial charge in [0, 0.05) is 17.6 Å². The molecule has 1 aliphatic heterocycles. The number of hydrogen-bond donors (Lipinski definition) is 2. The summed E-state index contributed by atoms with van der Waals surface area (Å²) in [6.45, 7) is 2.13. The van der Waals surface area contributed by atoms with Gasteiger partial charge in [-0.05, 0) is 99.5 Å². The van der Waals surface area contributed by atoms with Gasteiger partial charge in [-0.25, -0.2) is 17.6 Å². The van der Waals surface area contributed by atoms with Crippen molar-refractivity contribution < 1.29 is 32.5 Å². The minimum absolute atomic E-state index is 0.0326. The molecular weight excluding hydrogens is 488 g/mol. The van der Waals surface area contributed by atoms with Gasteiger partial charge in [0.2, 0.25) is 0 Å². The van der Waals surface area contributed by atoms with Gasteiger partial charge in [-0.3, -0.25) is 4.98 Å². The van der Waals surface area contributed by atoms with Gasteiger partial charge in [0.15, 0.2) is 17.5 Å². The number of hydrogen-bond acceptors (Lipinski definition) is 5. The van der Waals surface area contributed by atoms with Crippen molar-refractivity contribution in [1.82, 2.24) is 9.88 Å². The van der Waals surface area contributed by atoms with Gasteiger partial charge >= 0.3 is 0 Å². The van der Waals surface area contributed by atoms with Crippen LogP contribution in [0.4, 0.5) is 17.6 Å². The Morgan fingerprint density at radius 3 is 2.41 bits per heavy atom. The van der Waals surface area contributed by atoms with Crippen LogP contribution >= 0.6 is 0 Å². The molecule has 0 spiro atoms.